The van der Waals surface area contributed by atoms with Crippen molar-refractivity contribution < 1.29 is 33.3 Å². The molecule has 3 aromatic carbocycles. The number of ether oxygens (including phenoxy) is 3. The average Bonchev–Trinajstić information content (AvgIpc) is 3.51. The summed E-state index contributed by atoms with van der Waals surface area (Å²) in [7, 11) is 1.63. The average molecular weight is 955 g/mol. The number of hydrogen-bond acceptors (Lipinski definition) is 9. The van der Waals surface area contributed by atoms with E-state index in [1.165, 1.54) is 0 Å². The Hall–Kier alpha value is -4.23. The van der Waals surface area contributed by atoms with Crippen molar-refractivity contribution in [2.45, 2.75) is 80.2 Å². The van der Waals surface area contributed by atoms with Gasteiger partial charge in [0, 0.05) is 0 Å². The fraction of sp³-hybridized carbons (Fsp3) is 0.366. The van der Waals surface area contributed by atoms with Crippen LogP contribution in [0.4, 0.5) is 4.79 Å². The third-order valence-electron chi connectivity index (χ3n) is 8.28. The van der Waals surface area contributed by atoms with Crippen LogP contribution in [0.15, 0.2) is 71.1 Å². The van der Waals surface area contributed by atoms with Gasteiger partial charge in [0.1, 0.15) is 11.4 Å². The monoisotopic (exact) mass is 956 g/mol. The van der Waals surface area contributed by atoms with Crippen molar-refractivity contribution in [1.82, 2.24) is 15.6 Å². The molecule has 286 valence electrons. The van der Waals surface area contributed by atoms with Crippen molar-refractivity contribution in [3.05, 3.63) is 104 Å². The number of oxazole rings is 1. The van der Waals surface area contributed by atoms with E-state index in [9.17, 15) is 20.0 Å². The summed E-state index contributed by atoms with van der Waals surface area (Å²) in [4.78, 5) is 38.3. The molecule has 0 aliphatic rings. The number of nitriles is 1. The van der Waals surface area contributed by atoms with Crippen LogP contribution in [0.3, 0.4) is 0 Å². The molecule has 3 N–H and O–H groups in total. The Kier molecular flexibility index (Phi) is 14.5. The van der Waals surface area contributed by atoms with E-state index in [0.29, 0.717) is 21.7 Å². The molecule has 1 aromatic heterocycles. The maximum atomic E-state index is 14.0. The van der Waals surface area contributed by atoms with Crippen molar-refractivity contribution in [3.8, 4) is 23.3 Å². The number of hydrogen-bond donors (Lipinski definition) is 3. The summed E-state index contributed by atoms with van der Waals surface area (Å²) >= 11 is -0.994. The second-order valence-corrected chi connectivity index (χ2v) is 30.8. The molecule has 0 radical (unpaired) electrons. The number of alkyl carbamates (subject to hydrolysis) is 1. The van der Waals surface area contributed by atoms with Gasteiger partial charge in [-0.1, -0.05) is 0 Å². The van der Waals surface area contributed by atoms with E-state index in [4.69, 9.17) is 18.6 Å². The second-order valence-electron chi connectivity index (χ2n) is 15.2. The Morgan fingerprint density at radius 2 is 1.70 bits per heavy atom. The van der Waals surface area contributed by atoms with Crippen molar-refractivity contribution in [3.63, 3.8) is 0 Å². The van der Waals surface area contributed by atoms with Crippen LogP contribution in [0.5, 0.6) is 17.2 Å². The van der Waals surface area contributed by atoms with Gasteiger partial charge in [0.2, 0.25) is 0 Å². The zero-order chi connectivity index (χ0) is 39.8. The minimum absolute atomic E-state index is 0.0941. The molecule has 0 aliphatic heterocycles. The van der Waals surface area contributed by atoms with Crippen LogP contribution in [-0.2, 0) is 22.6 Å². The van der Waals surface area contributed by atoms with Gasteiger partial charge in [0.25, 0.3) is 0 Å². The number of carbonyl (C=O) groups excluding carboxylic acids is 2. The molecule has 0 unspecified atom stereocenters. The fourth-order valence-corrected chi connectivity index (χ4v) is 10.6. The summed E-state index contributed by atoms with van der Waals surface area (Å²) in [5, 5.41) is 26.0. The molecule has 11 nitrogen and oxygen atoms in total. The number of aromatic nitrogens is 1. The molecule has 0 bridgehead atoms. The number of methoxy groups -OCH3 is 1. The number of amides is 2. The number of phenolic OH excluding ortho intramolecular Hbond substituents is 1. The van der Waals surface area contributed by atoms with E-state index in [0.717, 1.165) is 26.0 Å². The molecule has 4 aromatic rings. The number of nitrogens with zero attached hydrogens (tertiary/aromatic N) is 2. The van der Waals surface area contributed by atoms with E-state index in [1.54, 1.807) is 46.1 Å². The number of benzene rings is 3. The summed E-state index contributed by atoms with van der Waals surface area (Å²) in [5.74, 6) is 1.36. The van der Waals surface area contributed by atoms with Gasteiger partial charge in [-0.3, -0.25) is 0 Å². The van der Waals surface area contributed by atoms with Gasteiger partial charge in [-0.2, -0.15) is 0 Å². The van der Waals surface area contributed by atoms with Crippen LogP contribution >= 0.6 is 22.6 Å². The number of halogens is 1. The summed E-state index contributed by atoms with van der Waals surface area (Å²) in [6, 6.07) is 21.0. The number of para-hydroxylation sites is 1. The molecular weight excluding hydrogens is 906 g/mol. The molecule has 0 fully saturated rings. The van der Waals surface area contributed by atoms with Gasteiger partial charge in [-0.15, -0.1) is 0 Å². The number of nitrogens with one attached hydrogen (secondary N) is 2. The summed E-state index contributed by atoms with van der Waals surface area (Å²) < 4.78 is 25.1. The first-order chi connectivity index (χ1) is 25.4. The molecule has 1 heterocycles. The number of phenols is 1. The third-order valence-corrected chi connectivity index (χ3v) is 14.9. The summed E-state index contributed by atoms with van der Waals surface area (Å²) in [6.07, 6.45) is 1.28. The number of carbonyl (C=O) groups is 2. The quantitative estimate of drug-likeness (QED) is 0.0831. The van der Waals surface area contributed by atoms with Crippen LogP contribution < -0.4 is 20.1 Å². The van der Waals surface area contributed by atoms with Crippen LogP contribution in [0, 0.1) is 20.8 Å². The summed E-state index contributed by atoms with van der Waals surface area (Å²) in [5.41, 5.74) is 1.94. The maximum absolute atomic E-state index is 14.0. The minimum atomic E-state index is -3.00. The van der Waals surface area contributed by atoms with E-state index in [-0.39, 0.29) is 29.7 Å². The first kappa shape index (κ1) is 42.5. The van der Waals surface area contributed by atoms with E-state index in [2.05, 4.69) is 36.5 Å². The molecule has 0 spiro atoms. The first-order valence-corrected chi connectivity index (χ1v) is 28.7. The molecule has 54 heavy (non-hydrogen) atoms. The van der Waals surface area contributed by atoms with E-state index >= 15 is 0 Å². The van der Waals surface area contributed by atoms with Gasteiger partial charge >= 0.3 is 268 Å². The molecule has 13 heteroatoms. The Balaban J connectivity index is 1.67. The van der Waals surface area contributed by atoms with Gasteiger partial charge in [-0.05, 0) is 49.4 Å². The van der Waals surface area contributed by atoms with Crippen LogP contribution in [0.2, 0.25) is 14.8 Å². The molecule has 0 saturated carbocycles. The number of aromatic hydroxyl groups is 1. The third kappa shape index (κ3) is 11.9. The second kappa shape index (κ2) is 18.4. The zero-order valence-corrected chi connectivity index (χ0v) is 37.3. The van der Waals surface area contributed by atoms with Crippen molar-refractivity contribution in [2.24, 2.45) is 5.92 Å². The predicted octanol–water partition coefficient (Wildman–Crippen LogP) is 8.81. The van der Waals surface area contributed by atoms with Crippen molar-refractivity contribution in [1.29, 1.82) is 5.26 Å². The van der Waals surface area contributed by atoms with E-state index < -0.39 is 48.1 Å². The van der Waals surface area contributed by atoms with Crippen LogP contribution in [0.1, 0.15) is 74.7 Å². The topological polar surface area (TPSA) is 156 Å². The van der Waals surface area contributed by atoms with Crippen LogP contribution in [0.25, 0.3) is 9.67 Å². The van der Waals surface area contributed by atoms with Gasteiger partial charge < -0.3 is 5.11 Å². The molecule has 2 atom stereocenters. The molecule has 0 saturated heterocycles. The Morgan fingerprint density at radius 1 is 1.04 bits per heavy atom. The summed E-state index contributed by atoms with van der Waals surface area (Å²) in [6.45, 7) is 9.39. The molecule has 2 amide bonds. The predicted molar refractivity (Wildman–Crippen MR) is 220 cm³/mol. The fourth-order valence-electron chi connectivity index (χ4n) is 5.53. The van der Waals surface area contributed by atoms with Crippen molar-refractivity contribution >= 4 is 62.6 Å². The SMILES string of the molecule is COc1ccc(COc2ccccc2/[C](=C\c2oc([C@@H](NC(=O)[C@H](Cc3ccc(O)c(I)c3)NC(=O)OC(C)(C)C)C(C)C)nc2C#N)[Sn]([CH3])([CH3])[CH3])cc1. The zero-order valence-electron chi connectivity index (χ0n) is 32.2. The Morgan fingerprint density at radius 3 is 2.30 bits per heavy atom. The van der Waals surface area contributed by atoms with Gasteiger partial charge in [-0.25, -0.2) is 0 Å². The molecule has 0 aliphatic carbocycles. The Bertz CT molecular complexity index is 2010. The van der Waals surface area contributed by atoms with Crippen LogP contribution in [-0.4, -0.2) is 59.2 Å². The van der Waals surface area contributed by atoms with Gasteiger partial charge in [0.05, 0.1) is 3.57 Å². The molecule has 4 rings (SSSR count). The normalized spacial score (nSPS) is 13.1. The number of rotatable bonds is 14. The molecular formula is C41H49IN4O7Sn. The van der Waals surface area contributed by atoms with Crippen molar-refractivity contribution in [2.75, 3.05) is 7.11 Å². The Labute approximate surface area is 335 Å². The van der Waals surface area contributed by atoms with E-state index in [1.807, 2.05) is 91.0 Å². The first-order valence-electron chi connectivity index (χ1n) is 17.6. The van der Waals surface area contributed by atoms with Gasteiger partial charge in [0.15, 0.2) is 0 Å². The standard InChI is InChI=1S/C38H40IN4O7.3CH3.Sn/c1-23(2)34(43-35(45)29(42-37(46)50-38(3,4)5)20-25-13-17-31(44)28(39)19-25)36-41-30(21-40)33(49-36)18-14-26-9-7-8-10-32(26)48-22-24-11-15-27(47-6)16-12-24;;;;/h7-13,15-19,23,29,34,44H,20,22H2,1-6H3,(H,42,46)(H,43,45);3*1H3;/t29-,34-;;;;/m0..../s1.